The number of hydrogen-bond donors (Lipinski definition) is 2. The van der Waals surface area contributed by atoms with Gasteiger partial charge < -0.3 is 10.3 Å². The average Bonchev–Trinajstić information content (AvgIpc) is 2.94. The van der Waals surface area contributed by atoms with Crippen LogP contribution in [0.25, 0.3) is 10.9 Å². The summed E-state index contributed by atoms with van der Waals surface area (Å²) in [6, 6.07) is 17.5. The quantitative estimate of drug-likeness (QED) is 0.737. The lowest BCUT2D eigenvalue weighted by Gasteiger charge is -2.06. The van der Waals surface area contributed by atoms with Crippen molar-refractivity contribution in [2.24, 2.45) is 0 Å². The molecule has 3 heteroatoms. The van der Waals surface area contributed by atoms with Gasteiger partial charge in [-0.1, -0.05) is 36.4 Å². The van der Waals surface area contributed by atoms with Crippen LogP contribution in [0.4, 0.5) is 0 Å². The lowest BCUT2D eigenvalue weighted by molar-refractivity contribution is 0.0952. The average molecular weight is 250 g/mol. The number of hydrogen-bond acceptors (Lipinski definition) is 1. The third-order valence-corrected chi connectivity index (χ3v) is 3.14. The van der Waals surface area contributed by atoms with Crippen molar-refractivity contribution in [3.05, 3.63) is 71.9 Å². The molecule has 0 saturated heterocycles. The van der Waals surface area contributed by atoms with E-state index in [1.165, 1.54) is 0 Å². The van der Waals surface area contributed by atoms with E-state index in [0.29, 0.717) is 12.1 Å². The third-order valence-electron chi connectivity index (χ3n) is 3.14. The predicted octanol–water partition coefficient (Wildman–Crippen LogP) is 3.10. The van der Waals surface area contributed by atoms with Crippen molar-refractivity contribution in [2.45, 2.75) is 6.54 Å². The second-order valence-electron chi connectivity index (χ2n) is 4.41. The fraction of sp³-hybridized carbons (Fsp3) is 0.0625. The SMILES string of the molecule is O=C(NCc1ccccc1)c1cccc2[nH]ccc12. The van der Waals surface area contributed by atoms with Gasteiger partial charge in [-0.15, -0.1) is 0 Å². The lowest BCUT2D eigenvalue weighted by Crippen LogP contribution is -2.22. The molecule has 19 heavy (non-hydrogen) atoms. The van der Waals surface area contributed by atoms with Gasteiger partial charge in [0, 0.05) is 29.2 Å². The summed E-state index contributed by atoms with van der Waals surface area (Å²) in [4.78, 5) is 15.3. The number of rotatable bonds is 3. The number of amides is 1. The largest absolute Gasteiger partial charge is 0.361 e. The van der Waals surface area contributed by atoms with Crippen LogP contribution >= 0.6 is 0 Å². The molecule has 1 aromatic heterocycles. The second kappa shape index (κ2) is 4.98. The Labute approximate surface area is 111 Å². The molecule has 94 valence electrons. The van der Waals surface area contributed by atoms with Crippen molar-refractivity contribution in [1.29, 1.82) is 0 Å². The van der Waals surface area contributed by atoms with Crippen LogP contribution in [-0.4, -0.2) is 10.9 Å². The molecule has 3 nitrogen and oxygen atoms in total. The zero-order valence-electron chi connectivity index (χ0n) is 10.4. The Morgan fingerprint density at radius 1 is 1.00 bits per heavy atom. The van der Waals surface area contributed by atoms with Gasteiger partial charge in [0.05, 0.1) is 0 Å². The Balaban J connectivity index is 1.79. The summed E-state index contributed by atoms with van der Waals surface area (Å²) in [7, 11) is 0. The van der Waals surface area contributed by atoms with E-state index in [1.807, 2.05) is 60.8 Å². The molecule has 0 unspecified atom stereocenters. The molecule has 0 spiro atoms. The van der Waals surface area contributed by atoms with Gasteiger partial charge in [0.25, 0.3) is 5.91 Å². The highest BCUT2D eigenvalue weighted by molar-refractivity contribution is 6.06. The Bertz CT molecular complexity index is 701. The van der Waals surface area contributed by atoms with Crippen LogP contribution in [0.2, 0.25) is 0 Å². The summed E-state index contributed by atoms with van der Waals surface area (Å²) in [6.45, 7) is 0.542. The van der Waals surface area contributed by atoms with E-state index in [2.05, 4.69) is 10.3 Å². The summed E-state index contributed by atoms with van der Waals surface area (Å²) in [5.74, 6) is -0.0472. The molecule has 0 radical (unpaired) electrons. The standard InChI is InChI=1S/C16H14N2O/c19-16(18-11-12-5-2-1-3-6-12)14-7-4-8-15-13(14)9-10-17-15/h1-10,17H,11H2,(H,18,19). The molecule has 0 atom stereocenters. The van der Waals surface area contributed by atoms with Crippen LogP contribution in [0.1, 0.15) is 15.9 Å². The minimum absolute atomic E-state index is 0.0472. The first kappa shape index (κ1) is 11.5. The van der Waals surface area contributed by atoms with E-state index >= 15 is 0 Å². The molecular formula is C16H14N2O. The van der Waals surface area contributed by atoms with Crippen LogP contribution in [-0.2, 0) is 6.54 Å². The summed E-state index contributed by atoms with van der Waals surface area (Å²) in [5.41, 5.74) is 2.78. The topological polar surface area (TPSA) is 44.9 Å². The van der Waals surface area contributed by atoms with Crippen molar-refractivity contribution in [2.75, 3.05) is 0 Å². The molecule has 0 aliphatic rings. The first-order valence-corrected chi connectivity index (χ1v) is 6.23. The molecule has 3 rings (SSSR count). The molecule has 0 saturated carbocycles. The van der Waals surface area contributed by atoms with Gasteiger partial charge >= 0.3 is 0 Å². The fourth-order valence-electron chi connectivity index (χ4n) is 2.16. The van der Waals surface area contributed by atoms with Gasteiger partial charge in [-0.2, -0.15) is 0 Å². The van der Waals surface area contributed by atoms with E-state index in [1.54, 1.807) is 0 Å². The summed E-state index contributed by atoms with van der Waals surface area (Å²) in [5, 5.41) is 3.90. The van der Waals surface area contributed by atoms with E-state index in [4.69, 9.17) is 0 Å². The van der Waals surface area contributed by atoms with Crippen molar-refractivity contribution in [1.82, 2.24) is 10.3 Å². The Morgan fingerprint density at radius 2 is 1.84 bits per heavy atom. The van der Waals surface area contributed by atoms with Crippen LogP contribution in [0.15, 0.2) is 60.8 Å². The summed E-state index contributed by atoms with van der Waals surface area (Å²) < 4.78 is 0. The predicted molar refractivity (Wildman–Crippen MR) is 75.9 cm³/mol. The Morgan fingerprint density at radius 3 is 2.68 bits per heavy atom. The summed E-state index contributed by atoms with van der Waals surface area (Å²) in [6.07, 6.45) is 1.85. The molecule has 3 aromatic rings. The Kier molecular flexibility index (Phi) is 3.02. The molecule has 0 bridgehead atoms. The van der Waals surface area contributed by atoms with Gasteiger partial charge in [0.2, 0.25) is 0 Å². The van der Waals surface area contributed by atoms with Gasteiger partial charge in [-0.3, -0.25) is 4.79 Å². The van der Waals surface area contributed by atoms with Crippen molar-refractivity contribution >= 4 is 16.8 Å². The molecule has 1 heterocycles. The smallest absolute Gasteiger partial charge is 0.252 e. The normalized spacial score (nSPS) is 10.5. The number of H-pyrrole nitrogens is 1. The van der Waals surface area contributed by atoms with Crippen LogP contribution in [0.5, 0.6) is 0 Å². The highest BCUT2D eigenvalue weighted by Crippen LogP contribution is 2.17. The molecular weight excluding hydrogens is 236 g/mol. The highest BCUT2D eigenvalue weighted by Gasteiger charge is 2.09. The van der Waals surface area contributed by atoms with E-state index in [9.17, 15) is 4.79 Å². The number of fused-ring (bicyclic) bond motifs is 1. The van der Waals surface area contributed by atoms with Crippen LogP contribution in [0.3, 0.4) is 0 Å². The molecule has 1 amide bonds. The number of carbonyl (C=O) groups excluding carboxylic acids is 1. The maximum absolute atomic E-state index is 12.2. The maximum atomic E-state index is 12.2. The van der Waals surface area contributed by atoms with Gasteiger partial charge in [-0.25, -0.2) is 0 Å². The molecule has 2 N–H and O–H groups in total. The Hall–Kier alpha value is -2.55. The number of aromatic nitrogens is 1. The zero-order chi connectivity index (χ0) is 13.1. The third kappa shape index (κ3) is 2.36. The van der Waals surface area contributed by atoms with Crippen molar-refractivity contribution in [3.63, 3.8) is 0 Å². The number of nitrogens with one attached hydrogen (secondary N) is 2. The number of carbonyl (C=O) groups is 1. The fourth-order valence-corrected chi connectivity index (χ4v) is 2.16. The second-order valence-corrected chi connectivity index (χ2v) is 4.41. The van der Waals surface area contributed by atoms with Gasteiger partial charge in [0.1, 0.15) is 0 Å². The lowest BCUT2D eigenvalue weighted by atomic mass is 10.1. The number of benzene rings is 2. The molecule has 2 aromatic carbocycles. The summed E-state index contributed by atoms with van der Waals surface area (Å²) >= 11 is 0. The molecule has 0 aliphatic carbocycles. The van der Waals surface area contributed by atoms with E-state index in [0.717, 1.165) is 16.5 Å². The first-order chi connectivity index (χ1) is 9.34. The first-order valence-electron chi connectivity index (χ1n) is 6.23. The monoisotopic (exact) mass is 250 g/mol. The van der Waals surface area contributed by atoms with Gasteiger partial charge in [-0.05, 0) is 23.8 Å². The minimum atomic E-state index is -0.0472. The zero-order valence-corrected chi connectivity index (χ0v) is 10.4. The molecule has 0 aliphatic heterocycles. The van der Waals surface area contributed by atoms with E-state index in [-0.39, 0.29) is 5.91 Å². The van der Waals surface area contributed by atoms with Crippen molar-refractivity contribution in [3.8, 4) is 0 Å². The maximum Gasteiger partial charge on any atom is 0.252 e. The van der Waals surface area contributed by atoms with Crippen molar-refractivity contribution < 1.29 is 4.79 Å². The van der Waals surface area contributed by atoms with Crippen LogP contribution < -0.4 is 5.32 Å². The molecule has 0 fully saturated rings. The van der Waals surface area contributed by atoms with Gasteiger partial charge in [0.15, 0.2) is 0 Å². The number of aromatic amines is 1. The minimum Gasteiger partial charge on any atom is -0.361 e. The van der Waals surface area contributed by atoms with Crippen LogP contribution in [0, 0.1) is 0 Å². The van der Waals surface area contributed by atoms with E-state index < -0.39 is 0 Å². The highest BCUT2D eigenvalue weighted by atomic mass is 16.1.